The molecule has 0 aliphatic carbocycles. The fourth-order valence-corrected chi connectivity index (χ4v) is 3.04. The summed E-state index contributed by atoms with van der Waals surface area (Å²) in [5, 5.41) is 12.4. The Morgan fingerprint density at radius 3 is 2.78 bits per heavy atom. The minimum atomic E-state index is -0.262. The van der Waals surface area contributed by atoms with Gasteiger partial charge in [-0.1, -0.05) is 11.6 Å². The third-order valence-electron chi connectivity index (χ3n) is 3.11. The minimum absolute atomic E-state index is 0.0400. The number of likely N-dealkylation sites (tertiary alicyclic amines) is 1. The van der Waals surface area contributed by atoms with Crippen molar-refractivity contribution in [3.8, 4) is 0 Å². The van der Waals surface area contributed by atoms with E-state index in [1.807, 2.05) is 19.1 Å². The first-order chi connectivity index (χ1) is 8.56. The summed E-state index contributed by atoms with van der Waals surface area (Å²) in [7, 11) is 0. The van der Waals surface area contributed by atoms with E-state index in [9.17, 15) is 9.90 Å². The molecule has 1 saturated heterocycles. The maximum Gasteiger partial charge on any atom is 0.317 e. The molecule has 1 aliphatic heterocycles. The number of hydrogen-bond acceptors (Lipinski definition) is 3. The number of piperidine rings is 1. The monoisotopic (exact) mass is 288 g/mol. The van der Waals surface area contributed by atoms with Crippen LogP contribution in [0.3, 0.4) is 0 Å². The number of urea groups is 1. The van der Waals surface area contributed by atoms with Crippen LogP contribution >= 0.6 is 22.9 Å². The second kappa shape index (κ2) is 5.91. The number of rotatable bonds is 2. The summed E-state index contributed by atoms with van der Waals surface area (Å²) < 4.78 is 0.729. The van der Waals surface area contributed by atoms with Gasteiger partial charge in [-0.15, -0.1) is 11.3 Å². The van der Waals surface area contributed by atoms with Crippen molar-refractivity contribution < 1.29 is 9.90 Å². The normalized spacial score (nSPS) is 18.7. The van der Waals surface area contributed by atoms with E-state index in [1.54, 1.807) is 4.90 Å². The predicted molar refractivity (Wildman–Crippen MR) is 73.1 cm³/mol. The number of nitrogens with zero attached hydrogens (tertiary/aromatic N) is 1. The summed E-state index contributed by atoms with van der Waals surface area (Å²) in [4.78, 5) is 14.8. The Labute approximate surface area is 116 Å². The summed E-state index contributed by atoms with van der Waals surface area (Å²) in [6.07, 6.45) is 1.06. The van der Waals surface area contributed by atoms with Crippen LogP contribution in [0.1, 0.15) is 30.7 Å². The van der Waals surface area contributed by atoms with Gasteiger partial charge in [-0.3, -0.25) is 0 Å². The molecule has 18 heavy (non-hydrogen) atoms. The van der Waals surface area contributed by atoms with Gasteiger partial charge < -0.3 is 15.3 Å². The molecule has 0 bridgehead atoms. The number of aliphatic hydroxyl groups is 1. The second-order valence-electron chi connectivity index (χ2n) is 4.53. The molecule has 0 aromatic carbocycles. The van der Waals surface area contributed by atoms with E-state index in [2.05, 4.69) is 5.32 Å². The number of aliphatic hydroxyl groups excluding tert-OH is 1. The van der Waals surface area contributed by atoms with Gasteiger partial charge in [-0.25, -0.2) is 4.79 Å². The van der Waals surface area contributed by atoms with Crippen LogP contribution in [0.15, 0.2) is 12.1 Å². The lowest BCUT2D eigenvalue weighted by Gasteiger charge is -2.30. The first-order valence-corrected chi connectivity index (χ1v) is 7.24. The lowest BCUT2D eigenvalue weighted by molar-refractivity contribution is 0.0930. The summed E-state index contributed by atoms with van der Waals surface area (Å²) in [5.74, 6) is 0. The molecule has 0 spiro atoms. The van der Waals surface area contributed by atoms with Crippen LogP contribution in [0.25, 0.3) is 0 Å². The fourth-order valence-electron chi connectivity index (χ4n) is 1.98. The van der Waals surface area contributed by atoms with E-state index < -0.39 is 0 Å². The summed E-state index contributed by atoms with van der Waals surface area (Å²) >= 11 is 7.35. The van der Waals surface area contributed by atoms with Crippen molar-refractivity contribution in [3.05, 3.63) is 21.3 Å². The molecule has 1 aliphatic rings. The highest BCUT2D eigenvalue weighted by atomic mass is 35.5. The number of carbonyl (C=O) groups is 1. The van der Waals surface area contributed by atoms with E-state index in [0.29, 0.717) is 25.9 Å². The van der Waals surface area contributed by atoms with E-state index in [1.165, 1.54) is 11.3 Å². The first kappa shape index (κ1) is 13.6. The van der Waals surface area contributed by atoms with Crippen LogP contribution in [0, 0.1) is 0 Å². The number of halogens is 1. The molecular formula is C12H17ClN2O2S. The summed E-state index contributed by atoms with van der Waals surface area (Å²) in [6.45, 7) is 3.18. The average Bonchev–Trinajstić information content (AvgIpc) is 2.76. The van der Waals surface area contributed by atoms with E-state index in [4.69, 9.17) is 11.6 Å². The molecular weight excluding hydrogens is 272 g/mol. The largest absolute Gasteiger partial charge is 0.393 e. The van der Waals surface area contributed by atoms with Crippen molar-refractivity contribution in [1.82, 2.24) is 10.2 Å². The molecule has 1 unspecified atom stereocenters. The van der Waals surface area contributed by atoms with Crippen molar-refractivity contribution >= 4 is 29.0 Å². The molecule has 1 fully saturated rings. The lowest BCUT2D eigenvalue weighted by Crippen LogP contribution is -2.46. The molecule has 0 radical (unpaired) electrons. The Hall–Kier alpha value is -0.780. The number of nitrogens with one attached hydrogen (secondary N) is 1. The van der Waals surface area contributed by atoms with Gasteiger partial charge in [-0.05, 0) is 31.9 Å². The quantitative estimate of drug-likeness (QED) is 0.879. The zero-order valence-corrected chi connectivity index (χ0v) is 11.8. The Bertz CT molecular complexity index is 416. The highest BCUT2D eigenvalue weighted by Gasteiger charge is 2.22. The van der Waals surface area contributed by atoms with E-state index >= 15 is 0 Å². The molecule has 2 N–H and O–H groups in total. The molecule has 100 valence electrons. The zero-order valence-electron chi connectivity index (χ0n) is 10.2. The van der Waals surface area contributed by atoms with Gasteiger partial charge in [0.2, 0.25) is 0 Å². The number of carbonyl (C=O) groups excluding carboxylic acids is 1. The smallest absolute Gasteiger partial charge is 0.317 e. The van der Waals surface area contributed by atoms with Gasteiger partial charge in [0.05, 0.1) is 16.5 Å². The molecule has 1 atom stereocenters. The third-order valence-corrected chi connectivity index (χ3v) is 4.53. The minimum Gasteiger partial charge on any atom is -0.393 e. The van der Waals surface area contributed by atoms with Gasteiger partial charge in [0.1, 0.15) is 0 Å². The van der Waals surface area contributed by atoms with Crippen LogP contribution in [-0.2, 0) is 0 Å². The van der Waals surface area contributed by atoms with Crippen molar-refractivity contribution in [2.75, 3.05) is 13.1 Å². The van der Waals surface area contributed by atoms with Crippen molar-refractivity contribution in [1.29, 1.82) is 0 Å². The van der Waals surface area contributed by atoms with Gasteiger partial charge >= 0.3 is 6.03 Å². The fraction of sp³-hybridized carbons (Fsp3) is 0.583. The maximum absolute atomic E-state index is 12.0. The van der Waals surface area contributed by atoms with E-state index in [0.717, 1.165) is 9.21 Å². The van der Waals surface area contributed by atoms with Crippen molar-refractivity contribution in [2.45, 2.75) is 31.9 Å². The van der Waals surface area contributed by atoms with Crippen LogP contribution in [0.4, 0.5) is 4.79 Å². The highest BCUT2D eigenvalue weighted by molar-refractivity contribution is 7.16. The molecule has 6 heteroatoms. The molecule has 2 heterocycles. The maximum atomic E-state index is 12.0. The third kappa shape index (κ3) is 3.37. The van der Waals surface area contributed by atoms with Crippen LogP contribution in [0.2, 0.25) is 4.34 Å². The molecule has 0 saturated carbocycles. The van der Waals surface area contributed by atoms with E-state index in [-0.39, 0.29) is 18.2 Å². The van der Waals surface area contributed by atoms with Crippen LogP contribution < -0.4 is 5.32 Å². The molecule has 2 rings (SSSR count). The van der Waals surface area contributed by atoms with Gasteiger partial charge in [0, 0.05) is 18.0 Å². The van der Waals surface area contributed by atoms with Gasteiger partial charge in [0.25, 0.3) is 0 Å². The Morgan fingerprint density at radius 1 is 1.56 bits per heavy atom. The molecule has 2 amide bonds. The average molecular weight is 289 g/mol. The highest BCUT2D eigenvalue weighted by Crippen LogP contribution is 2.26. The van der Waals surface area contributed by atoms with Crippen LogP contribution in [-0.4, -0.2) is 35.2 Å². The van der Waals surface area contributed by atoms with Crippen LogP contribution in [0.5, 0.6) is 0 Å². The summed E-state index contributed by atoms with van der Waals surface area (Å²) in [6, 6.07) is 3.65. The van der Waals surface area contributed by atoms with Crippen molar-refractivity contribution in [2.24, 2.45) is 0 Å². The number of amides is 2. The van der Waals surface area contributed by atoms with Gasteiger partial charge in [-0.2, -0.15) is 0 Å². The lowest BCUT2D eigenvalue weighted by atomic mass is 10.1. The zero-order chi connectivity index (χ0) is 13.1. The second-order valence-corrected chi connectivity index (χ2v) is 6.28. The first-order valence-electron chi connectivity index (χ1n) is 6.05. The van der Waals surface area contributed by atoms with Crippen molar-refractivity contribution in [3.63, 3.8) is 0 Å². The number of thiophene rings is 1. The Balaban J connectivity index is 1.87. The van der Waals surface area contributed by atoms with Gasteiger partial charge in [0.15, 0.2) is 0 Å². The SMILES string of the molecule is CC(NC(=O)N1CCC(O)CC1)c1ccc(Cl)s1. The Morgan fingerprint density at radius 2 is 2.22 bits per heavy atom. The predicted octanol–water partition coefficient (Wildman–Crippen LogP) is 2.63. The topological polar surface area (TPSA) is 52.6 Å². The molecule has 1 aromatic rings. The Kier molecular flexibility index (Phi) is 4.48. The molecule has 4 nitrogen and oxygen atoms in total. The molecule has 1 aromatic heterocycles. The standard InChI is InChI=1S/C12H17ClN2O2S/c1-8(10-2-3-11(13)18-10)14-12(17)15-6-4-9(16)5-7-15/h2-3,8-9,16H,4-7H2,1H3,(H,14,17). The number of hydrogen-bond donors (Lipinski definition) is 2. The summed E-state index contributed by atoms with van der Waals surface area (Å²) in [5.41, 5.74) is 0.